The van der Waals surface area contributed by atoms with Gasteiger partial charge in [0, 0.05) is 6.08 Å². The maximum absolute atomic E-state index is 10.3. The number of allylic oxidation sites excluding steroid dienone is 2. The SMILES string of the molecule is NC1(N)Oc2ccc(C=CC=CC(=O)O)cc2O1. The molecule has 18 heavy (non-hydrogen) atoms. The van der Waals surface area contributed by atoms with Gasteiger partial charge in [-0.05, 0) is 17.7 Å². The summed E-state index contributed by atoms with van der Waals surface area (Å²) in [6.07, 6.45) is 5.78. The lowest BCUT2D eigenvalue weighted by atomic mass is 10.2. The summed E-state index contributed by atoms with van der Waals surface area (Å²) in [6.45, 7) is 0. The first-order valence-electron chi connectivity index (χ1n) is 5.14. The molecular weight excluding hydrogens is 236 g/mol. The van der Waals surface area contributed by atoms with E-state index < -0.39 is 12.0 Å². The van der Waals surface area contributed by atoms with Gasteiger partial charge in [0.1, 0.15) is 0 Å². The van der Waals surface area contributed by atoms with Crippen LogP contribution >= 0.6 is 0 Å². The van der Waals surface area contributed by atoms with E-state index in [1.54, 1.807) is 30.4 Å². The molecular formula is C12H12N2O4. The Kier molecular flexibility index (Phi) is 3.05. The molecule has 1 aliphatic rings. The van der Waals surface area contributed by atoms with E-state index in [1.807, 2.05) is 0 Å². The number of hydrogen-bond acceptors (Lipinski definition) is 5. The summed E-state index contributed by atoms with van der Waals surface area (Å²) < 4.78 is 10.3. The van der Waals surface area contributed by atoms with Gasteiger partial charge >= 0.3 is 12.0 Å². The van der Waals surface area contributed by atoms with Crippen LogP contribution in [0, 0.1) is 0 Å². The van der Waals surface area contributed by atoms with E-state index in [0.717, 1.165) is 11.6 Å². The normalized spacial score (nSPS) is 16.6. The first-order valence-corrected chi connectivity index (χ1v) is 5.14. The fraction of sp³-hybridized carbons (Fsp3) is 0.0833. The van der Waals surface area contributed by atoms with Crippen molar-refractivity contribution in [1.29, 1.82) is 0 Å². The summed E-state index contributed by atoms with van der Waals surface area (Å²) in [6, 6.07) is 3.52. The Morgan fingerprint density at radius 3 is 2.67 bits per heavy atom. The molecule has 5 N–H and O–H groups in total. The molecule has 1 heterocycles. The van der Waals surface area contributed by atoms with Gasteiger partial charge in [-0.3, -0.25) is 0 Å². The van der Waals surface area contributed by atoms with Crippen molar-refractivity contribution in [2.75, 3.05) is 0 Å². The average Bonchev–Trinajstić information content (AvgIpc) is 2.57. The largest absolute Gasteiger partial charge is 0.478 e. The van der Waals surface area contributed by atoms with E-state index >= 15 is 0 Å². The van der Waals surface area contributed by atoms with Gasteiger partial charge in [0.2, 0.25) is 0 Å². The lowest BCUT2D eigenvalue weighted by molar-refractivity contribution is -0.131. The quantitative estimate of drug-likeness (QED) is 0.411. The maximum Gasteiger partial charge on any atom is 0.376 e. The van der Waals surface area contributed by atoms with Gasteiger partial charge in [-0.2, -0.15) is 0 Å². The van der Waals surface area contributed by atoms with Gasteiger partial charge in [-0.1, -0.05) is 24.3 Å². The molecule has 6 heteroatoms. The Bertz CT molecular complexity index is 535. The number of fused-ring (bicyclic) bond motifs is 1. The molecule has 0 fully saturated rings. The second-order valence-corrected chi connectivity index (χ2v) is 3.69. The first-order chi connectivity index (χ1) is 8.46. The second kappa shape index (κ2) is 4.52. The molecule has 1 aliphatic heterocycles. The molecule has 0 saturated carbocycles. The zero-order chi connectivity index (χ0) is 13.2. The van der Waals surface area contributed by atoms with Crippen LogP contribution in [0.15, 0.2) is 36.4 Å². The van der Waals surface area contributed by atoms with Gasteiger partial charge in [0.25, 0.3) is 0 Å². The number of rotatable bonds is 3. The Morgan fingerprint density at radius 1 is 1.22 bits per heavy atom. The monoisotopic (exact) mass is 248 g/mol. The van der Waals surface area contributed by atoms with Gasteiger partial charge in [0.05, 0.1) is 0 Å². The molecule has 94 valence electrons. The summed E-state index contributed by atoms with van der Waals surface area (Å²) in [4.78, 5) is 10.3. The molecule has 0 unspecified atom stereocenters. The minimum atomic E-state index is -1.63. The molecule has 0 amide bonds. The fourth-order valence-electron chi connectivity index (χ4n) is 1.46. The van der Waals surface area contributed by atoms with Gasteiger partial charge in [-0.25, -0.2) is 16.3 Å². The highest BCUT2D eigenvalue weighted by Crippen LogP contribution is 2.36. The summed E-state index contributed by atoms with van der Waals surface area (Å²) in [5.41, 5.74) is 11.8. The summed E-state index contributed by atoms with van der Waals surface area (Å²) >= 11 is 0. The molecule has 0 atom stereocenters. The van der Waals surface area contributed by atoms with E-state index in [4.69, 9.17) is 26.0 Å². The maximum atomic E-state index is 10.3. The van der Waals surface area contributed by atoms with Gasteiger partial charge < -0.3 is 14.6 Å². The Balaban J connectivity index is 2.12. The summed E-state index contributed by atoms with van der Waals surface area (Å²) in [7, 11) is 0. The van der Waals surface area contributed by atoms with Crippen LogP contribution in [0.2, 0.25) is 0 Å². The van der Waals surface area contributed by atoms with E-state index in [1.165, 1.54) is 6.08 Å². The molecule has 2 rings (SSSR count). The van der Waals surface area contributed by atoms with Crippen molar-refractivity contribution in [3.63, 3.8) is 0 Å². The molecule has 0 saturated heterocycles. The lowest BCUT2D eigenvalue weighted by Gasteiger charge is -2.14. The first kappa shape index (κ1) is 12.2. The zero-order valence-electron chi connectivity index (χ0n) is 9.37. The van der Waals surface area contributed by atoms with Crippen molar-refractivity contribution >= 4 is 12.0 Å². The topological polar surface area (TPSA) is 108 Å². The number of ether oxygens (including phenoxy) is 2. The number of carboxylic acids is 1. The molecule has 0 aliphatic carbocycles. The molecule has 0 aromatic heterocycles. The standard InChI is InChI=1S/C12H12N2O4/c13-12(14)17-9-6-5-8(7-10(9)18-12)3-1-2-4-11(15)16/h1-7H,13-14H2,(H,15,16). The number of hydrogen-bond donors (Lipinski definition) is 3. The number of carboxylic acid groups (broad SMARTS) is 1. The molecule has 0 radical (unpaired) electrons. The minimum Gasteiger partial charge on any atom is -0.478 e. The summed E-state index contributed by atoms with van der Waals surface area (Å²) in [5.74, 6) is -0.0797. The molecule has 0 bridgehead atoms. The van der Waals surface area contributed by atoms with Crippen LogP contribution in [0.25, 0.3) is 6.08 Å². The highest BCUT2D eigenvalue weighted by Gasteiger charge is 2.33. The highest BCUT2D eigenvalue weighted by atomic mass is 16.8. The molecule has 0 spiro atoms. The zero-order valence-corrected chi connectivity index (χ0v) is 9.37. The predicted molar refractivity (Wildman–Crippen MR) is 64.6 cm³/mol. The van der Waals surface area contributed by atoms with Crippen LogP contribution in [0.3, 0.4) is 0 Å². The third-order valence-electron chi connectivity index (χ3n) is 2.15. The molecule has 6 nitrogen and oxygen atoms in total. The lowest BCUT2D eigenvalue weighted by Crippen LogP contribution is -2.56. The molecule has 1 aromatic rings. The third-order valence-corrected chi connectivity index (χ3v) is 2.15. The Hall–Kier alpha value is -2.31. The van der Waals surface area contributed by atoms with Crippen LogP contribution < -0.4 is 20.9 Å². The van der Waals surface area contributed by atoms with E-state index in [2.05, 4.69) is 0 Å². The van der Waals surface area contributed by atoms with Crippen molar-refractivity contribution in [2.24, 2.45) is 11.5 Å². The minimum absolute atomic E-state index is 0.448. The highest BCUT2D eigenvalue weighted by molar-refractivity contribution is 5.80. The van der Waals surface area contributed by atoms with Crippen molar-refractivity contribution in [1.82, 2.24) is 0 Å². The van der Waals surface area contributed by atoms with Crippen LogP contribution in [0.4, 0.5) is 0 Å². The van der Waals surface area contributed by atoms with Crippen LogP contribution in [-0.2, 0) is 4.79 Å². The van der Waals surface area contributed by atoms with E-state index in [0.29, 0.717) is 11.5 Å². The average molecular weight is 248 g/mol. The van der Waals surface area contributed by atoms with Gasteiger partial charge in [-0.15, -0.1) is 0 Å². The smallest absolute Gasteiger partial charge is 0.376 e. The number of aliphatic carboxylic acids is 1. The van der Waals surface area contributed by atoms with Gasteiger partial charge in [0.15, 0.2) is 11.5 Å². The Labute approximate surface area is 103 Å². The number of carbonyl (C=O) groups is 1. The number of nitrogens with two attached hydrogens (primary N) is 2. The molecule has 1 aromatic carbocycles. The van der Waals surface area contributed by atoms with Crippen molar-refractivity contribution in [3.8, 4) is 11.5 Å². The van der Waals surface area contributed by atoms with E-state index in [9.17, 15) is 4.79 Å². The van der Waals surface area contributed by atoms with Crippen LogP contribution in [-0.4, -0.2) is 17.1 Å². The second-order valence-electron chi connectivity index (χ2n) is 3.69. The number of benzene rings is 1. The van der Waals surface area contributed by atoms with Crippen molar-refractivity contribution < 1.29 is 19.4 Å². The van der Waals surface area contributed by atoms with Crippen molar-refractivity contribution in [3.05, 3.63) is 42.0 Å². The van der Waals surface area contributed by atoms with Crippen LogP contribution in [0.5, 0.6) is 11.5 Å². The van der Waals surface area contributed by atoms with E-state index in [-0.39, 0.29) is 0 Å². The summed E-state index contributed by atoms with van der Waals surface area (Å²) in [5, 5.41) is 8.41. The fourth-order valence-corrected chi connectivity index (χ4v) is 1.46. The van der Waals surface area contributed by atoms with Crippen LogP contribution in [0.1, 0.15) is 5.56 Å². The third kappa shape index (κ3) is 2.88. The van der Waals surface area contributed by atoms with Crippen molar-refractivity contribution in [2.45, 2.75) is 6.03 Å². The predicted octanol–water partition coefficient (Wildman–Crippen LogP) is 0.640. The Morgan fingerprint density at radius 2 is 1.94 bits per heavy atom.